The standard InChI is InChI=1S/C23H25N5O3/c1-28(18-9-5-6-14-24-18)20-19(26-23(31)27-22(20)30)21(29)25-17-12-10-16(11-13-17)15-7-3-2-4-8-15/h2-9,14,16-17H,10-13H2,1H3,(H,25,29)(H2,26,27,30,31)/t16-,17+. The number of anilines is 2. The first-order valence-corrected chi connectivity index (χ1v) is 10.4. The Hall–Kier alpha value is -3.68. The quantitative estimate of drug-likeness (QED) is 0.589. The second-order valence-corrected chi connectivity index (χ2v) is 7.81. The summed E-state index contributed by atoms with van der Waals surface area (Å²) >= 11 is 0. The fraction of sp³-hybridized carbons (Fsp3) is 0.304. The van der Waals surface area contributed by atoms with E-state index in [9.17, 15) is 14.4 Å². The molecule has 0 atom stereocenters. The van der Waals surface area contributed by atoms with Crippen molar-refractivity contribution in [2.45, 2.75) is 37.6 Å². The number of benzene rings is 1. The first-order chi connectivity index (χ1) is 15.0. The maximum Gasteiger partial charge on any atom is 0.326 e. The van der Waals surface area contributed by atoms with E-state index in [0.717, 1.165) is 25.7 Å². The summed E-state index contributed by atoms with van der Waals surface area (Å²) in [5.74, 6) is 0.501. The van der Waals surface area contributed by atoms with Crippen LogP contribution in [0, 0.1) is 0 Å². The minimum atomic E-state index is -0.721. The van der Waals surface area contributed by atoms with Gasteiger partial charge in [0.05, 0.1) is 0 Å². The van der Waals surface area contributed by atoms with Gasteiger partial charge in [0.2, 0.25) is 0 Å². The Morgan fingerprint density at radius 1 is 1.00 bits per heavy atom. The summed E-state index contributed by atoms with van der Waals surface area (Å²) < 4.78 is 0. The van der Waals surface area contributed by atoms with Gasteiger partial charge in [-0.25, -0.2) is 9.78 Å². The summed E-state index contributed by atoms with van der Waals surface area (Å²) in [5.41, 5.74) is -0.0534. The van der Waals surface area contributed by atoms with Gasteiger partial charge in [0.15, 0.2) is 0 Å². The summed E-state index contributed by atoms with van der Waals surface area (Å²) in [5, 5.41) is 3.00. The fourth-order valence-electron chi connectivity index (χ4n) is 4.18. The first-order valence-electron chi connectivity index (χ1n) is 10.4. The summed E-state index contributed by atoms with van der Waals surface area (Å²) in [7, 11) is 1.63. The molecule has 4 rings (SSSR count). The first kappa shape index (κ1) is 20.6. The maximum absolute atomic E-state index is 13.0. The van der Waals surface area contributed by atoms with Gasteiger partial charge in [-0.05, 0) is 49.3 Å². The molecule has 1 aliphatic carbocycles. The van der Waals surface area contributed by atoms with Crippen molar-refractivity contribution in [1.82, 2.24) is 20.3 Å². The lowest BCUT2D eigenvalue weighted by atomic mass is 9.82. The lowest BCUT2D eigenvalue weighted by Crippen LogP contribution is -2.41. The van der Waals surface area contributed by atoms with Crippen LogP contribution < -0.4 is 21.5 Å². The normalized spacial score (nSPS) is 18.4. The largest absolute Gasteiger partial charge is 0.348 e. The molecule has 0 radical (unpaired) electrons. The molecule has 3 aromatic rings. The van der Waals surface area contributed by atoms with E-state index >= 15 is 0 Å². The van der Waals surface area contributed by atoms with E-state index in [2.05, 4.69) is 32.4 Å². The molecule has 1 saturated carbocycles. The fourth-order valence-corrected chi connectivity index (χ4v) is 4.18. The third kappa shape index (κ3) is 4.58. The molecule has 1 fully saturated rings. The van der Waals surface area contributed by atoms with Gasteiger partial charge in [0, 0.05) is 19.3 Å². The lowest BCUT2D eigenvalue weighted by Gasteiger charge is -2.29. The molecule has 0 aliphatic heterocycles. The summed E-state index contributed by atoms with van der Waals surface area (Å²) in [6.07, 6.45) is 5.22. The number of amides is 1. The number of carbonyl (C=O) groups excluding carboxylic acids is 1. The van der Waals surface area contributed by atoms with Crippen LogP contribution in [-0.4, -0.2) is 33.9 Å². The van der Waals surface area contributed by atoms with Crippen LogP contribution in [0.25, 0.3) is 0 Å². The second kappa shape index (κ2) is 8.99. The van der Waals surface area contributed by atoms with Crippen molar-refractivity contribution in [2.24, 2.45) is 0 Å². The van der Waals surface area contributed by atoms with Crippen LogP contribution >= 0.6 is 0 Å². The van der Waals surface area contributed by atoms with E-state index in [1.165, 1.54) is 10.5 Å². The monoisotopic (exact) mass is 419 g/mol. The van der Waals surface area contributed by atoms with E-state index in [0.29, 0.717) is 11.7 Å². The molecule has 8 nitrogen and oxygen atoms in total. The van der Waals surface area contributed by atoms with Crippen LogP contribution in [0.4, 0.5) is 11.5 Å². The molecule has 31 heavy (non-hydrogen) atoms. The van der Waals surface area contributed by atoms with Crippen LogP contribution in [0.1, 0.15) is 47.7 Å². The third-order valence-corrected chi connectivity index (χ3v) is 5.81. The molecule has 2 aromatic heterocycles. The molecular weight excluding hydrogens is 394 g/mol. The average molecular weight is 419 g/mol. The summed E-state index contributed by atoms with van der Waals surface area (Å²) in [4.78, 5) is 47.9. The zero-order chi connectivity index (χ0) is 21.8. The van der Waals surface area contributed by atoms with Crippen molar-refractivity contribution in [3.63, 3.8) is 0 Å². The lowest BCUT2D eigenvalue weighted by molar-refractivity contribution is 0.0920. The van der Waals surface area contributed by atoms with Crippen molar-refractivity contribution >= 4 is 17.4 Å². The molecule has 0 spiro atoms. The van der Waals surface area contributed by atoms with E-state index in [-0.39, 0.29) is 17.4 Å². The second-order valence-electron chi connectivity index (χ2n) is 7.81. The molecule has 1 amide bonds. The number of hydrogen-bond acceptors (Lipinski definition) is 5. The number of carbonyl (C=O) groups is 1. The highest BCUT2D eigenvalue weighted by atomic mass is 16.2. The highest BCUT2D eigenvalue weighted by Gasteiger charge is 2.27. The number of aromatic amines is 2. The topological polar surface area (TPSA) is 111 Å². The maximum atomic E-state index is 13.0. The Balaban J connectivity index is 1.51. The molecule has 0 saturated heterocycles. The highest BCUT2D eigenvalue weighted by Crippen LogP contribution is 2.33. The van der Waals surface area contributed by atoms with Gasteiger partial charge in [0.1, 0.15) is 17.2 Å². The minimum Gasteiger partial charge on any atom is -0.348 e. The number of aromatic nitrogens is 3. The van der Waals surface area contributed by atoms with E-state index in [4.69, 9.17) is 0 Å². The predicted molar refractivity (Wildman–Crippen MR) is 119 cm³/mol. The average Bonchev–Trinajstić information content (AvgIpc) is 2.80. The SMILES string of the molecule is CN(c1ccccn1)c1c(C(=O)N[C@H]2CC[C@@H](c3ccccc3)CC2)[nH]c(=O)[nH]c1=O. The van der Waals surface area contributed by atoms with Crippen molar-refractivity contribution in [1.29, 1.82) is 0 Å². The van der Waals surface area contributed by atoms with Crippen LogP contribution in [0.2, 0.25) is 0 Å². The highest BCUT2D eigenvalue weighted by molar-refractivity contribution is 5.98. The Bertz CT molecular complexity index is 1150. The van der Waals surface area contributed by atoms with Crippen molar-refractivity contribution in [3.8, 4) is 0 Å². The molecule has 8 heteroatoms. The Kier molecular flexibility index (Phi) is 5.97. The number of hydrogen-bond donors (Lipinski definition) is 3. The third-order valence-electron chi connectivity index (χ3n) is 5.81. The summed E-state index contributed by atoms with van der Waals surface area (Å²) in [6, 6.07) is 15.6. The Morgan fingerprint density at radius 2 is 1.71 bits per heavy atom. The van der Waals surface area contributed by atoms with E-state index in [1.54, 1.807) is 31.4 Å². The smallest absolute Gasteiger partial charge is 0.326 e. The zero-order valence-electron chi connectivity index (χ0n) is 17.3. The molecule has 160 valence electrons. The van der Waals surface area contributed by atoms with Gasteiger partial charge in [-0.15, -0.1) is 0 Å². The summed E-state index contributed by atoms with van der Waals surface area (Å²) in [6.45, 7) is 0. The van der Waals surface area contributed by atoms with Gasteiger partial charge in [0.25, 0.3) is 11.5 Å². The van der Waals surface area contributed by atoms with Crippen molar-refractivity contribution < 1.29 is 4.79 Å². The molecule has 0 bridgehead atoms. The Morgan fingerprint density at radius 3 is 2.39 bits per heavy atom. The number of rotatable bonds is 5. The van der Waals surface area contributed by atoms with Gasteiger partial charge in [-0.3, -0.25) is 14.6 Å². The van der Waals surface area contributed by atoms with Gasteiger partial charge in [-0.1, -0.05) is 36.4 Å². The number of nitrogens with one attached hydrogen (secondary N) is 3. The zero-order valence-corrected chi connectivity index (χ0v) is 17.3. The van der Waals surface area contributed by atoms with Crippen LogP contribution in [-0.2, 0) is 0 Å². The molecule has 3 N–H and O–H groups in total. The number of pyridine rings is 1. The number of nitrogens with zero attached hydrogens (tertiary/aromatic N) is 2. The van der Waals surface area contributed by atoms with Gasteiger partial charge >= 0.3 is 5.69 Å². The van der Waals surface area contributed by atoms with Crippen LogP contribution in [0.5, 0.6) is 0 Å². The predicted octanol–water partition coefficient (Wildman–Crippen LogP) is 2.68. The Labute approximate surface area is 179 Å². The van der Waals surface area contributed by atoms with Crippen molar-refractivity contribution in [2.75, 3.05) is 11.9 Å². The molecule has 2 heterocycles. The molecule has 1 aromatic carbocycles. The van der Waals surface area contributed by atoms with Crippen LogP contribution in [0.3, 0.4) is 0 Å². The molecular formula is C23H25N5O3. The van der Waals surface area contributed by atoms with Crippen molar-refractivity contribution in [3.05, 3.63) is 86.8 Å². The van der Waals surface area contributed by atoms with Gasteiger partial charge < -0.3 is 15.2 Å². The van der Waals surface area contributed by atoms with Crippen LogP contribution in [0.15, 0.2) is 64.3 Å². The van der Waals surface area contributed by atoms with E-state index in [1.807, 2.05) is 18.2 Å². The van der Waals surface area contributed by atoms with E-state index < -0.39 is 17.2 Å². The molecule has 0 unspecified atom stereocenters. The minimum absolute atomic E-state index is 0.0109. The molecule has 1 aliphatic rings. The van der Waals surface area contributed by atoms with Gasteiger partial charge in [-0.2, -0.15) is 0 Å². The number of H-pyrrole nitrogens is 2.